The smallest absolute Gasteiger partial charge is 0.177 e. The molecule has 1 N–H and O–H groups in total. The van der Waals surface area contributed by atoms with E-state index in [1.54, 1.807) is 23.1 Å². The lowest BCUT2D eigenvalue weighted by atomic mass is 10.2. The van der Waals surface area contributed by atoms with Crippen molar-refractivity contribution in [1.29, 1.82) is 0 Å². The average molecular weight is 238 g/mol. The Kier molecular flexibility index (Phi) is 2.67. The summed E-state index contributed by atoms with van der Waals surface area (Å²) in [5, 5.41) is 16.0. The van der Waals surface area contributed by atoms with Crippen LogP contribution < -0.4 is 5.43 Å². The molecule has 0 spiro atoms. The van der Waals surface area contributed by atoms with E-state index in [9.17, 15) is 0 Å². The van der Waals surface area contributed by atoms with E-state index in [4.69, 9.17) is 0 Å². The maximum Gasteiger partial charge on any atom is 0.177 e. The van der Waals surface area contributed by atoms with Crippen LogP contribution in [0.15, 0.2) is 53.9 Å². The second kappa shape index (κ2) is 4.62. The van der Waals surface area contributed by atoms with Gasteiger partial charge in [0.25, 0.3) is 0 Å². The van der Waals surface area contributed by atoms with E-state index in [1.807, 2.05) is 36.4 Å². The third-order valence-corrected chi connectivity index (χ3v) is 2.35. The SMILES string of the molecule is C(=NNc1ccc2nncn2n1)c1ccccc1. The van der Waals surface area contributed by atoms with Gasteiger partial charge in [0.2, 0.25) is 0 Å². The summed E-state index contributed by atoms with van der Waals surface area (Å²) in [5.41, 5.74) is 4.58. The summed E-state index contributed by atoms with van der Waals surface area (Å²) in [5.74, 6) is 0.634. The summed E-state index contributed by atoms with van der Waals surface area (Å²) < 4.78 is 1.58. The van der Waals surface area contributed by atoms with E-state index < -0.39 is 0 Å². The molecule has 0 bridgehead atoms. The average Bonchev–Trinajstić information content (AvgIpc) is 2.87. The van der Waals surface area contributed by atoms with Crippen LogP contribution in [0.1, 0.15) is 5.56 Å². The minimum atomic E-state index is 0.634. The summed E-state index contributed by atoms with van der Waals surface area (Å²) >= 11 is 0. The number of anilines is 1. The Morgan fingerprint density at radius 2 is 2.00 bits per heavy atom. The molecule has 0 radical (unpaired) electrons. The zero-order valence-electron chi connectivity index (χ0n) is 9.43. The third-order valence-electron chi connectivity index (χ3n) is 2.35. The molecule has 6 nitrogen and oxygen atoms in total. The van der Waals surface area contributed by atoms with Gasteiger partial charge in [-0.3, -0.25) is 5.43 Å². The van der Waals surface area contributed by atoms with Crippen molar-refractivity contribution in [2.75, 3.05) is 5.43 Å². The van der Waals surface area contributed by atoms with Crippen molar-refractivity contribution in [3.05, 3.63) is 54.4 Å². The van der Waals surface area contributed by atoms with Gasteiger partial charge in [0.05, 0.1) is 6.21 Å². The molecule has 18 heavy (non-hydrogen) atoms. The third kappa shape index (κ3) is 2.17. The van der Waals surface area contributed by atoms with Crippen molar-refractivity contribution in [1.82, 2.24) is 19.8 Å². The van der Waals surface area contributed by atoms with Crippen molar-refractivity contribution in [2.45, 2.75) is 0 Å². The second-order valence-corrected chi connectivity index (χ2v) is 3.63. The Bertz CT molecular complexity index is 673. The highest BCUT2D eigenvalue weighted by atomic mass is 15.4. The fraction of sp³-hybridized carbons (Fsp3) is 0. The topological polar surface area (TPSA) is 67.5 Å². The van der Waals surface area contributed by atoms with E-state index in [0.29, 0.717) is 11.5 Å². The van der Waals surface area contributed by atoms with Gasteiger partial charge in [0.1, 0.15) is 6.33 Å². The molecule has 0 aliphatic carbocycles. The number of rotatable bonds is 3. The second-order valence-electron chi connectivity index (χ2n) is 3.63. The van der Waals surface area contributed by atoms with Crippen LogP contribution in [-0.2, 0) is 0 Å². The molecule has 0 saturated carbocycles. The fourth-order valence-corrected chi connectivity index (χ4v) is 1.50. The molecule has 88 valence electrons. The van der Waals surface area contributed by atoms with Gasteiger partial charge in [-0.1, -0.05) is 30.3 Å². The zero-order valence-corrected chi connectivity index (χ0v) is 9.43. The molecule has 0 fully saturated rings. The van der Waals surface area contributed by atoms with Crippen LogP contribution in [0.25, 0.3) is 5.65 Å². The van der Waals surface area contributed by atoms with Crippen LogP contribution in [0.5, 0.6) is 0 Å². The fourth-order valence-electron chi connectivity index (χ4n) is 1.50. The number of aromatic nitrogens is 4. The van der Waals surface area contributed by atoms with Gasteiger partial charge in [-0.05, 0) is 17.7 Å². The normalized spacial score (nSPS) is 11.1. The van der Waals surface area contributed by atoms with E-state index >= 15 is 0 Å². The maximum atomic E-state index is 4.23. The molecule has 1 aromatic carbocycles. The van der Waals surface area contributed by atoms with Crippen LogP contribution in [0.4, 0.5) is 5.82 Å². The Balaban J connectivity index is 1.74. The van der Waals surface area contributed by atoms with Crippen molar-refractivity contribution in [3.8, 4) is 0 Å². The molecule has 6 heteroatoms. The summed E-state index contributed by atoms with van der Waals surface area (Å²) in [7, 11) is 0. The molecule has 3 rings (SSSR count). The quantitative estimate of drug-likeness (QED) is 0.555. The first-order valence-electron chi connectivity index (χ1n) is 5.43. The van der Waals surface area contributed by atoms with Crippen LogP contribution >= 0.6 is 0 Å². The van der Waals surface area contributed by atoms with Crippen LogP contribution in [-0.4, -0.2) is 26.0 Å². The van der Waals surface area contributed by atoms with E-state index in [0.717, 1.165) is 5.56 Å². The molecular formula is C12H10N6. The lowest BCUT2D eigenvalue weighted by Gasteiger charge is -1.98. The minimum absolute atomic E-state index is 0.634. The van der Waals surface area contributed by atoms with E-state index in [2.05, 4.69) is 25.8 Å². The van der Waals surface area contributed by atoms with Gasteiger partial charge in [0, 0.05) is 0 Å². The Labute approximate surface area is 103 Å². The Hall–Kier alpha value is -2.76. The monoisotopic (exact) mass is 238 g/mol. The maximum absolute atomic E-state index is 4.23. The van der Waals surface area contributed by atoms with Gasteiger partial charge >= 0.3 is 0 Å². The zero-order chi connectivity index (χ0) is 12.2. The van der Waals surface area contributed by atoms with Crippen molar-refractivity contribution in [3.63, 3.8) is 0 Å². The Morgan fingerprint density at radius 1 is 1.11 bits per heavy atom. The molecule has 0 amide bonds. The molecule has 2 aromatic heterocycles. The number of hydrogen-bond acceptors (Lipinski definition) is 5. The first-order chi connectivity index (χ1) is 8.92. The molecule has 0 saturated heterocycles. The van der Waals surface area contributed by atoms with Crippen LogP contribution in [0.3, 0.4) is 0 Å². The first-order valence-corrected chi connectivity index (χ1v) is 5.43. The van der Waals surface area contributed by atoms with Gasteiger partial charge in [-0.2, -0.15) is 9.62 Å². The number of nitrogens with zero attached hydrogens (tertiary/aromatic N) is 5. The summed E-state index contributed by atoms with van der Waals surface area (Å²) in [4.78, 5) is 0. The van der Waals surface area contributed by atoms with Gasteiger partial charge in [0.15, 0.2) is 11.5 Å². The number of fused-ring (bicyclic) bond motifs is 1. The summed E-state index contributed by atoms with van der Waals surface area (Å²) in [6.07, 6.45) is 3.28. The highest BCUT2D eigenvalue weighted by molar-refractivity contribution is 5.79. The molecule has 0 aliphatic rings. The lowest BCUT2D eigenvalue weighted by Crippen LogP contribution is -1.97. The van der Waals surface area contributed by atoms with Crippen molar-refractivity contribution >= 4 is 17.7 Å². The number of hydrazone groups is 1. The van der Waals surface area contributed by atoms with E-state index in [1.165, 1.54) is 0 Å². The van der Waals surface area contributed by atoms with E-state index in [-0.39, 0.29) is 0 Å². The standard InChI is InChI=1S/C12H10N6/c1-2-4-10(5-3-1)8-13-15-11-6-7-12-16-14-9-18(12)17-11/h1-9H,(H,15,17). The molecule has 0 unspecified atom stereocenters. The van der Waals surface area contributed by atoms with Crippen molar-refractivity contribution in [2.24, 2.45) is 5.10 Å². The van der Waals surface area contributed by atoms with Crippen LogP contribution in [0, 0.1) is 0 Å². The van der Waals surface area contributed by atoms with Gasteiger partial charge in [-0.25, -0.2) is 0 Å². The van der Waals surface area contributed by atoms with Crippen molar-refractivity contribution < 1.29 is 0 Å². The number of hydrogen-bond donors (Lipinski definition) is 1. The summed E-state index contributed by atoms with van der Waals surface area (Å²) in [6.45, 7) is 0. The predicted molar refractivity (Wildman–Crippen MR) is 68.4 cm³/mol. The highest BCUT2D eigenvalue weighted by Crippen LogP contribution is 2.04. The molecule has 3 aromatic rings. The Morgan fingerprint density at radius 3 is 2.89 bits per heavy atom. The minimum Gasteiger partial charge on any atom is -0.260 e. The number of benzene rings is 1. The summed E-state index contributed by atoms with van der Waals surface area (Å²) in [6, 6.07) is 13.5. The lowest BCUT2D eigenvalue weighted by molar-refractivity contribution is 0.925. The molecule has 0 atom stereocenters. The predicted octanol–water partition coefficient (Wildman–Crippen LogP) is 1.57. The van der Waals surface area contributed by atoms with Gasteiger partial charge < -0.3 is 0 Å². The number of nitrogens with one attached hydrogen (secondary N) is 1. The van der Waals surface area contributed by atoms with Gasteiger partial charge in [-0.15, -0.1) is 15.3 Å². The molecule has 0 aliphatic heterocycles. The largest absolute Gasteiger partial charge is 0.260 e. The van der Waals surface area contributed by atoms with Crippen LogP contribution in [0.2, 0.25) is 0 Å². The highest BCUT2D eigenvalue weighted by Gasteiger charge is 1.97. The first kappa shape index (κ1) is 10.4. The molecule has 2 heterocycles. The molecular weight excluding hydrogens is 228 g/mol.